The molecule has 0 amide bonds. The highest BCUT2D eigenvalue weighted by molar-refractivity contribution is 7.21. The topological polar surface area (TPSA) is 83.6 Å². The van der Waals surface area contributed by atoms with Crippen molar-refractivity contribution in [3.8, 4) is 11.4 Å². The Morgan fingerprint density at radius 1 is 1.07 bits per heavy atom. The largest absolute Gasteiger partial charge is 0.497 e. The highest BCUT2D eigenvalue weighted by atomic mass is 32.1. The lowest BCUT2D eigenvalue weighted by atomic mass is 10.1. The fraction of sp³-hybridized carbons (Fsp3) is 0.100. The Hall–Kier alpha value is -3.32. The smallest absolute Gasteiger partial charge is 0.350 e. The molecule has 0 aliphatic heterocycles. The highest BCUT2D eigenvalue weighted by Gasteiger charge is 2.23. The second-order valence-corrected chi connectivity index (χ2v) is 6.90. The lowest BCUT2D eigenvalue weighted by Gasteiger charge is -2.11. The van der Waals surface area contributed by atoms with Gasteiger partial charge in [-0.1, -0.05) is 18.2 Å². The van der Waals surface area contributed by atoms with E-state index in [1.807, 2.05) is 30.3 Å². The zero-order chi connectivity index (χ0) is 19.1. The average Bonchev–Trinajstić information content (AvgIpc) is 3.05. The number of carbonyl (C=O) groups excluding carboxylic acids is 1. The molecule has 0 bridgehead atoms. The van der Waals surface area contributed by atoms with E-state index in [-0.39, 0.29) is 10.4 Å². The molecule has 27 heavy (non-hydrogen) atoms. The number of nitrogens with two attached hydrogens (primary N) is 1. The zero-order valence-corrected chi connectivity index (χ0v) is 15.5. The van der Waals surface area contributed by atoms with E-state index >= 15 is 0 Å². The highest BCUT2D eigenvalue weighted by Crippen LogP contribution is 2.39. The van der Waals surface area contributed by atoms with E-state index < -0.39 is 5.97 Å². The van der Waals surface area contributed by atoms with Gasteiger partial charge in [-0.15, -0.1) is 11.3 Å². The average molecular weight is 380 g/mol. The molecule has 0 saturated carbocycles. The molecule has 0 fully saturated rings. The van der Waals surface area contributed by atoms with Crippen molar-refractivity contribution < 1.29 is 14.3 Å². The summed E-state index contributed by atoms with van der Waals surface area (Å²) in [5, 5.41) is 1.79. The second-order valence-electron chi connectivity index (χ2n) is 5.90. The number of fused-ring (bicyclic) bond motifs is 3. The van der Waals surface area contributed by atoms with Crippen molar-refractivity contribution in [2.75, 3.05) is 20.0 Å². The van der Waals surface area contributed by atoms with Gasteiger partial charge in [0.25, 0.3) is 5.56 Å². The third kappa shape index (κ3) is 2.55. The van der Waals surface area contributed by atoms with Gasteiger partial charge in [-0.25, -0.2) is 4.79 Å². The maximum atomic E-state index is 13.3. The quantitative estimate of drug-likeness (QED) is 0.549. The van der Waals surface area contributed by atoms with Crippen molar-refractivity contribution in [2.45, 2.75) is 0 Å². The van der Waals surface area contributed by atoms with Gasteiger partial charge in [-0.05, 0) is 35.7 Å². The number of anilines is 1. The fourth-order valence-corrected chi connectivity index (χ4v) is 4.34. The first-order valence-corrected chi connectivity index (χ1v) is 8.97. The van der Waals surface area contributed by atoms with Crippen LogP contribution in [-0.2, 0) is 4.74 Å². The summed E-state index contributed by atoms with van der Waals surface area (Å²) in [6.45, 7) is 0. The summed E-state index contributed by atoms with van der Waals surface area (Å²) in [6, 6.07) is 14.5. The number of para-hydroxylation sites is 1. The van der Waals surface area contributed by atoms with E-state index in [2.05, 4.69) is 0 Å². The number of rotatable bonds is 3. The number of ether oxygens (including phenoxy) is 2. The normalized spacial score (nSPS) is 11.0. The number of hydrogen-bond donors (Lipinski definition) is 1. The Morgan fingerprint density at radius 2 is 1.81 bits per heavy atom. The number of methoxy groups -OCH3 is 2. The summed E-state index contributed by atoms with van der Waals surface area (Å²) in [6.07, 6.45) is 0. The van der Waals surface area contributed by atoms with Gasteiger partial charge in [0.1, 0.15) is 15.5 Å². The SMILES string of the molecule is COC(=O)c1sc2c(c1N)c1ccc(OC)cc1c(=O)n2-c1ccccc1. The monoisotopic (exact) mass is 380 g/mol. The summed E-state index contributed by atoms with van der Waals surface area (Å²) in [7, 11) is 2.85. The van der Waals surface area contributed by atoms with Crippen molar-refractivity contribution in [2.24, 2.45) is 0 Å². The molecule has 4 aromatic rings. The number of nitrogens with zero attached hydrogens (tertiary/aromatic N) is 1. The first-order chi connectivity index (χ1) is 13.1. The van der Waals surface area contributed by atoms with Crippen molar-refractivity contribution in [1.82, 2.24) is 4.57 Å². The van der Waals surface area contributed by atoms with Gasteiger partial charge in [0, 0.05) is 5.39 Å². The maximum Gasteiger partial charge on any atom is 0.350 e. The van der Waals surface area contributed by atoms with E-state index in [4.69, 9.17) is 15.2 Å². The lowest BCUT2D eigenvalue weighted by Crippen LogP contribution is -2.18. The van der Waals surface area contributed by atoms with Crippen LogP contribution in [-0.4, -0.2) is 24.8 Å². The Kier molecular flexibility index (Phi) is 4.08. The molecule has 0 spiro atoms. The third-order valence-corrected chi connectivity index (χ3v) is 5.62. The number of esters is 1. The number of thiophene rings is 1. The van der Waals surface area contributed by atoms with Gasteiger partial charge in [0.15, 0.2) is 0 Å². The molecule has 0 atom stereocenters. The van der Waals surface area contributed by atoms with E-state index in [1.54, 1.807) is 29.9 Å². The molecule has 0 unspecified atom stereocenters. The molecule has 6 nitrogen and oxygen atoms in total. The van der Waals surface area contributed by atoms with Crippen LogP contribution in [0.25, 0.3) is 26.7 Å². The Labute approximate surface area is 158 Å². The summed E-state index contributed by atoms with van der Waals surface area (Å²) >= 11 is 1.15. The molecular weight excluding hydrogens is 364 g/mol. The van der Waals surface area contributed by atoms with Crippen LogP contribution in [0.15, 0.2) is 53.3 Å². The molecule has 2 heterocycles. The predicted molar refractivity (Wildman–Crippen MR) is 107 cm³/mol. The third-order valence-electron chi connectivity index (χ3n) is 4.44. The van der Waals surface area contributed by atoms with Gasteiger partial charge in [0.2, 0.25) is 0 Å². The molecule has 136 valence electrons. The van der Waals surface area contributed by atoms with Crippen LogP contribution in [0.1, 0.15) is 9.67 Å². The van der Waals surface area contributed by atoms with Gasteiger partial charge in [0.05, 0.1) is 31.0 Å². The molecule has 4 rings (SSSR count). The summed E-state index contributed by atoms with van der Waals surface area (Å²) in [5.41, 5.74) is 7.10. The van der Waals surface area contributed by atoms with Crippen LogP contribution < -0.4 is 16.0 Å². The summed E-state index contributed by atoms with van der Waals surface area (Å²) < 4.78 is 11.7. The van der Waals surface area contributed by atoms with Gasteiger partial charge < -0.3 is 15.2 Å². The number of pyridine rings is 1. The standard InChI is InChI=1S/C20H16N2O4S/c1-25-12-8-9-13-14(10-12)18(23)22(11-6-4-3-5-7-11)19-15(13)16(21)17(27-19)20(24)26-2/h3-10H,21H2,1-2H3. The van der Waals surface area contributed by atoms with E-state index in [0.717, 1.165) is 11.3 Å². The number of nitrogen functional groups attached to an aromatic ring is 1. The van der Waals surface area contributed by atoms with Crippen molar-refractivity contribution in [3.63, 3.8) is 0 Å². The molecule has 0 radical (unpaired) electrons. The molecular formula is C20H16N2O4S. The lowest BCUT2D eigenvalue weighted by molar-refractivity contribution is 0.0607. The van der Waals surface area contributed by atoms with Crippen LogP contribution in [0, 0.1) is 0 Å². The zero-order valence-electron chi connectivity index (χ0n) is 14.7. The summed E-state index contributed by atoms with van der Waals surface area (Å²) in [4.78, 5) is 26.4. The minimum atomic E-state index is -0.526. The minimum Gasteiger partial charge on any atom is -0.497 e. The Morgan fingerprint density at radius 3 is 2.48 bits per heavy atom. The first kappa shape index (κ1) is 17.1. The molecule has 2 aromatic carbocycles. The van der Waals surface area contributed by atoms with Crippen molar-refractivity contribution in [3.05, 3.63) is 63.8 Å². The van der Waals surface area contributed by atoms with Crippen molar-refractivity contribution in [1.29, 1.82) is 0 Å². The number of benzene rings is 2. The molecule has 0 aliphatic rings. The molecule has 0 saturated heterocycles. The molecule has 7 heteroatoms. The Bertz CT molecular complexity index is 1240. The van der Waals surface area contributed by atoms with Crippen LogP contribution >= 0.6 is 11.3 Å². The van der Waals surface area contributed by atoms with Gasteiger partial charge in [-0.2, -0.15) is 0 Å². The minimum absolute atomic E-state index is 0.208. The van der Waals surface area contributed by atoms with E-state index in [0.29, 0.717) is 38.1 Å². The van der Waals surface area contributed by atoms with Gasteiger partial charge in [-0.3, -0.25) is 9.36 Å². The van der Waals surface area contributed by atoms with Gasteiger partial charge >= 0.3 is 5.97 Å². The maximum absolute atomic E-state index is 13.3. The first-order valence-electron chi connectivity index (χ1n) is 8.15. The van der Waals surface area contributed by atoms with Crippen LogP contribution in [0.2, 0.25) is 0 Å². The van der Waals surface area contributed by atoms with Crippen LogP contribution in [0.5, 0.6) is 5.75 Å². The number of aromatic nitrogens is 1. The van der Waals surface area contributed by atoms with Crippen LogP contribution in [0.4, 0.5) is 5.69 Å². The fourth-order valence-electron chi connectivity index (χ4n) is 3.16. The Balaban J connectivity index is 2.24. The molecule has 2 aromatic heterocycles. The second kappa shape index (κ2) is 6.44. The number of carbonyl (C=O) groups is 1. The summed E-state index contributed by atoms with van der Waals surface area (Å²) in [5.74, 6) is 0.0444. The van der Waals surface area contributed by atoms with E-state index in [1.165, 1.54) is 7.11 Å². The molecule has 2 N–H and O–H groups in total. The van der Waals surface area contributed by atoms with Crippen LogP contribution in [0.3, 0.4) is 0 Å². The molecule has 0 aliphatic carbocycles. The number of hydrogen-bond acceptors (Lipinski definition) is 6. The predicted octanol–water partition coefficient (Wildman–Crippen LogP) is 3.58. The van der Waals surface area contributed by atoms with Crippen molar-refractivity contribution >= 4 is 44.0 Å². The van der Waals surface area contributed by atoms with E-state index in [9.17, 15) is 9.59 Å².